The molecule has 3 saturated heterocycles. The third-order valence-corrected chi connectivity index (χ3v) is 18.6. The van der Waals surface area contributed by atoms with Gasteiger partial charge < -0.3 is 41.9 Å². The molecular weight excluding hydrogens is 1230 g/mol. The Kier molecular flexibility index (Phi) is 18.3. The Morgan fingerprint density at radius 2 is 0.648 bits per heavy atom. The van der Waals surface area contributed by atoms with Crippen molar-refractivity contribution < 1.29 is 47.6 Å². The van der Waals surface area contributed by atoms with Crippen LogP contribution >= 0.6 is 31.9 Å². The molecule has 2 aromatic heterocycles. The third kappa shape index (κ3) is 13.1. The Balaban J connectivity index is 0.000000131. The number of rotatable bonds is 6. The number of phenols is 1. The van der Waals surface area contributed by atoms with E-state index < -0.39 is 28.3 Å². The van der Waals surface area contributed by atoms with Gasteiger partial charge in [-0.3, -0.25) is 4.39 Å². The maximum absolute atomic E-state index is 10.6. The lowest BCUT2D eigenvalue weighted by molar-refractivity contribution is 0.00578. The van der Waals surface area contributed by atoms with E-state index in [0.29, 0.717) is 5.75 Å². The predicted octanol–water partition coefficient (Wildman–Crippen LogP) is 19.9. The van der Waals surface area contributed by atoms with Crippen LogP contribution in [0.3, 0.4) is 0 Å². The van der Waals surface area contributed by atoms with Crippen LogP contribution in [0.5, 0.6) is 5.75 Å². The fraction of sp³-hybridized carbons (Fsp3) is 0.260. The zero-order valence-corrected chi connectivity index (χ0v) is 55.1. The largest absolute Gasteiger partial charge is 0.507 e. The van der Waals surface area contributed by atoms with Crippen molar-refractivity contribution in [1.29, 1.82) is 0 Å². The monoisotopic (exact) mass is 1310 g/mol. The summed E-state index contributed by atoms with van der Waals surface area (Å²) in [6, 6.07) is 69.2. The summed E-state index contributed by atoms with van der Waals surface area (Å²) < 4.78 is 66.3. The first-order chi connectivity index (χ1) is 42.2. The molecule has 9 nitrogen and oxygen atoms in total. The Bertz CT molecular complexity index is 4100. The van der Waals surface area contributed by atoms with E-state index >= 15 is 0 Å². The number of alkyl halides is 1. The maximum atomic E-state index is 10.6. The molecule has 9 aromatic carbocycles. The SMILES string of the molecule is Brc1cc(-c2ccccc2)c2oc3ccccc3c2c1.CC1(C)OB(B2OC(C)(C)C(C)(C)O2)OC1(C)C.CC1(C)OB(c2cc(-c3ccccc3)c3oc4ccccc4c3c2)OC1(C)C.Oc1c(-c2ccccc2)cc(Br)cc1-c1ccccc1.[2H]CF. The second kappa shape index (κ2) is 25.6. The topological polar surface area (TPSA) is 102 Å². The number of furan rings is 2. The summed E-state index contributed by atoms with van der Waals surface area (Å²) in [6.45, 7) is 24.5. The fourth-order valence-corrected chi connectivity index (χ4v) is 11.6. The van der Waals surface area contributed by atoms with Gasteiger partial charge in [-0.05, 0) is 147 Å². The van der Waals surface area contributed by atoms with Crippen molar-refractivity contribution in [3.63, 3.8) is 0 Å². The van der Waals surface area contributed by atoms with Crippen LogP contribution in [0.15, 0.2) is 224 Å². The van der Waals surface area contributed by atoms with Gasteiger partial charge in [-0.15, -0.1) is 0 Å². The molecule has 3 fully saturated rings. The zero-order chi connectivity index (χ0) is 63.7. The second-order valence-electron chi connectivity index (χ2n) is 25.1. The Labute approximate surface area is 535 Å². The minimum absolute atomic E-state index is 0.311. The molecule has 3 aliphatic rings. The van der Waals surface area contributed by atoms with Crippen molar-refractivity contribution in [3.05, 3.63) is 215 Å². The summed E-state index contributed by atoms with van der Waals surface area (Å²) in [4.78, 5) is 0. The highest BCUT2D eigenvalue weighted by Crippen LogP contribution is 2.45. The van der Waals surface area contributed by atoms with Crippen LogP contribution in [0, 0.1) is 0 Å². The number of aromatic hydroxyl groups is 1. The number of hydrogen-bond acceptors (Lipinski definition) is 9. The van der Waals surface area contributed by atoms with E-state index in [-0.39, 0.29) is 33.6 Å². The van der Waals surface area contributed by atoms with E-state index in [4.69, 9.17) is 38.1 Å². The molecule has 15 heteroatoms. The fourth-order valence-electron chi connectivity index (χ4n) is 10.7. The van der Waals surface area contributed by atoms with Gasteiger partial charge >= 0.3 is 21.1 Å². The average Bonchev–Trinajstić information content (AvgIpc) is 1.81. The van der Waals surface area contributed by atoms with Crippen molar-refractivity contribution in [2.45, 2.75) is 117 Å². The molecule has 5 heterocycles. The van der Waals surface area contributed by atoms with Crippen molar-refractivity contribution in [2.75, 3.05) is 7.15 Å². The molecule has 450 valence electrons. The average molecular weight is 1310 g/mol. The summed E-state index contributed by atoms with van der Waals surface area (Å²) in [5, 5.41) is 15.1. The van der Waals surface area contributed by atoms with E-state index in [1.165, 1.54) is 0 Å². The van der Waals surface area contributed by atoms with Crippen LogP contribution in [0.2, 0.25) is 0 Å². The van der Waals surface area contributed by atoms with Gasteiger partial charge in [-0.25, -0.2) is 0 Å². The van der Waals surface area contributed by atoms with Gasteiger partial charge in [0.1, 0.15) is 28.1 Å². The standard InChI is InChI=1S/C24H23BO3.C18H11BrO.C18H13BrO.C12H24B2O4.CH3F/c1-23(2)24(3,4)28-25(27-23)17-14-19(16-10-6-5-7-11-16)22-20(15-17)18-12-8-9-13-21(18)26-22;19-13-10-15(12-6-2-1-3-7-12)18-16(11-13)14-8-4-5-9-17(14)20-18;19-15-11-16(13-7-3-1-4-8-13)18(20)17(12-15)14-9-5-2-6-10-14;1-9(2)10(3,4)16-13(15-9)14-17-11(5,6)12(7,8)18-14;1-2/h5-15H,1-4H3;1-11H;1-12,20H;1-8H3;1H3/i;;;;1D. The van der Waals surface area contributed by atoms with Crippen LogP contribution in [0.4, 0.5) is 4.39 Å². The Morgan fingerprint density at radius 3 is 1.02 bits per heavy atom. The number of halogens is 3. The summed E-state index contributed by atoms with van der Waals surface area (Å²) in [5.74, 6) is 0.311. The lowest BCUT2D eigenvalue weighted by Gasteiger charge is -2.32. The minimum Gasteiger partial charge on any atom is -0.507 e. The molecular formula is C73H74B3Br2FO9. The molecule has 0 amide bonds. The Hall–Kier alpha value is -6.78. The first kappa shape index (κ1) is 62.8. The summed E-state index contributed by atoms with van der Waals surface area (Å²) in [7, 11) is -2.36. The van der Waals surface area contributed by atoms with Crippen molar-refractivity contribution in [1.82, 2.24) is 0 Å². The highest BCUT2D eigenvalue weighted by molar-refractivity contribution is 9.10. The molecule has 0 spiro atoms. The molecule has 0 saturated carbocycles. The highest BCUT2D eigenvalue weighted by atomic mass is 79.9. The van der Waals surface area contributed by atoms with Crippen LogP contribution in [-0.4, -0.2) is 67.0 Å². The van der Waals surface area contributed by atoms with E-state index in [0.717, 1.165) is 103 Å². The molecule has 0 unspecified atom stereocenters. The number of phenolic OH excluding ortho intramolecular Hbond substituents is 1. The van der Waals surface area contributed by atoms with Crippen molar-refractivity contribution in [3.8, 4) is 50.3 Å². The van der Waals surface area contributed by atoms with Gasteiger partial charge in [0.2, 0.25) is 0 Å². The van der Waals surface area contributed by atoms with E-state index in [1.807, 2.05) is 201 Å². The number of hydrogen-bond donors (Lipinski definition) is 1. The second-order valence-corrected chi connectivity index (χ2v) is 27.0. The predicted molar refractivity (Wildman–Crippen MR) is 368 cm³/mol. The van der Waals surface area contributed by atoms with Gasteiger partial charge in [-0.1, -0.05) is 202 Å². The molecule has 1 N–H and O–H groups in total. The molecule has 88 heavy (non-hydrogen) atoms. The number of para-hydroxylation sites is 2. The van der Waals surface area contributed by atoms with Crippen molar-refractivity contribution in [2.24, 2.45) is 0 Å². The van der Waals surface area contributed by atoms with E-state index in [2.05, 4.69) is 120 Å². The first-order valence-corrected chi connectivity index (χ1v) is 31.0. The maximum Gasteiger partial charge on any atom is 0.494 e. The normalized spacial score (nSPS) is 17.5. The van der Waals surface area contributed by atoms with Crippen molar-refractivity contribution >= 4 is 102 Å². The molecule has 3 aliphatic heterocycles. The van der Waals surface area contributed by atoms with Gasteiger partial charge in [0.25, 0.3) is 0 Å². The van der Waals surface area contributed by atoms with E-state index in [9.17, 15) is 9.50 Å². The lowest BCUT2D eigenvalue weighted by Crippen LogP contribution is -2.41. The summed E-state index contributed by atoms with van der Waals surface area (Å²) >= 11 is 7.14. The molecule has 14 rings (SSSR count). The number of fused-ring (bicyclic) bond motifs is 6. The van der Waals surface area contributed by atoms with E-state index in [1.54, 1.807) is 0 Å². The highest BCUT2D eigenvalue weighted by Gasteiger charge is 2.64. The van der Waals surface area contributed by atoms with Gasteiger partial charge in [0.15, 0.2) is 0 Å². The summed E-state index contributed by atoms with van der Waals surface area (Å²) in [5.41, 5.74) is 10.6. The molecule has 0 radical (unpaired) electrons. The van der Waals surface area contributed by atoms with Crippen LogP contribution in [0.1, 0.15) is 84.5 Å². The molecule has 0 bridgehead atoms. The third-order valence-electron chi connectivity index (χ3n) is 17.6. The smallest absolute Gasteiger partial charge is 0.494 e. The van der Waals surface area contributed by atoms with Crippen LogP contribution in [-0.2, 0) is 27.9 Å². The molecule has 0 atom stereocenters. The summed E-state index contributed by atoms with van der Waals surface area (Å²) in [6.07, 6.45) is 0. The van der Waals surface area contributed by atoms with Crippen LogP contribution < -0.4 is 5.46 Å². The number of benzene rings is 9. The molecule has 0 aliphatic carbocycles. The first-order valence-electron chi connectivity index (χ1n) is 30.2. The lowest BCUT2D eigenvalue weighted by atomic mass is 9.49. The minimum atomic E-state index is -1.00. The van der Waals surface area contributed by atoms with Gasteiger partial charge in [-0.2, -0.15) is 0 Å². The quantitative estimate of drug-likeness (QED) is 0.163. The Morgan fingerprint density at radius 1 is 0.364 bits per heavy atom. The van der Waals surface area contributed by atoms with Gasteiger partial charge in [0.05, 0.1) is 42.1 Å². The molecule has 11 aromatic rings. The van der Waals surface area contributed by atoms with Gasteiger partial charge in [0, 0.05) is 52.7 Å². The zero-order valence-electron chi connectivity index (χ0n) is 52.9. The van der Waals surface area contributed by atoms with Crippen LogP contribution in [0.25, 0.3) is 88.4 Å².